The molecular formula is C15H22BrFN2. The Morgan fingerprint density at radius 2 is 2.05 bits per heavy atom. The van der Waals surface area contributed by atoms with Gasteiger partial charge in [0.2, 0.25) is 0 Å². The third-order valence-corrected chi connectivity index (χ3v) is 4.28. The van der Waals surface area contributed by atoms with Crippen LogP contribution >= 0.6 is 15.9 Å². The number of nitrogens with one attached hydrogen (secondary N) is 1. The Balaban J connectivity index is 1.76. The van der Waals surface area contributed by atoms with Crippen molar-refractivity contribution in [1.29, 1.82) is 0 Å². The highest BCUT2D eigenvalue weighted by Crippen LogP contribution is 2.15. The molecule has 1 atom stereocenters. The first-order valence-corrected chi connectivity index (χ1v) is 7.85. The smallest absolute Gasteiger partial charge is 0.128 e. The first-order chi connectivity index (χ1) is 9.16. The lowest BCUT2D eigenvalue weighted by atomic mass is 10.1. The third kappa shape index (κ3) is 4.55. The molecule has 106 valence electrons. The predicted octanol–water partition coefficient (Wildman–Crippen LogP) is 3.55. The van der Waals surface area contributed by atoms with E-state index in [9.17, 15) is 4.39 Å². The highest BCUT2D eigenvalue weighted by molar-refractivity contribution is 9.10. The Kier molecular flexibility index (Phi) is 5.79. The lowest BCUT2D eigenvalue weighted by Crippen LogP contribution is -2.43. The van der Waals surface area contributed by atoms with Crippen molar-refractivity contribution >= 4 is 15.9 Å². The molecule has 1 aromatic carbocycles. The van der Waals surface area contributed by atoms with Gasteiger partial charge < -0.3 is 5.32 Å². The van der Waals surface area contributed by atoms with E-state index in [1.54, 1.807) is 0 Å². The summed E-state index contributed by atoms with van der Waals surface area (Å²) in [4.78, 5) is 2.52. The second-order valence-corrected chi connectivity index (χ2v) is 6.23. The maximum absolute atomic E-state index is 13.6. The average Bonchev–Trinajstić information content (AvgIpc) is 2.42. The van der Waals surface area contributed by atoms with Crippen LogP contribution in [0.2, 0.25) is 0 Å². The maximum Gasteiger partial charge on any atom is 0.128 e. The zero-order valence-electron chi connectivity index (χ0n) is 11.5. The van der Waals surface area contributed by atoms with Crippen molar-refractivity contribution in [2.45, 2.75) is 38.8 Å². The fourth-order valence-electron chi connectivity index (χ4n) is 2.57. The second kappa shape index (κ2) is 7.36. The summed E-state index contributed by atoms with van der Waals surface area (Å²) in [5.74, 6) is -0.146. The van der Waals surface area contributed by atoms with E-state index < -0.39 is 0 Å². The molecule has 1 aliphatic heterocycles. The summed E-state index contributed by atoms with van der Waals surface area (Å²) < 4.78 is 14.4. The normalized spacial score (nSPS) is 18.5. The summed E-state index contributed by atoms with van der Waals surface area (Å²) in [6, 6.07) is 5.76. The molecule has 0 radical (unpaired) electrons. The molecule has 0 spiro atoms. The van der Waals surface area contributed by atoms with Crippen LogP contribution in [0.25, 0.3) is 0 Å². The van der Waals surface area contributed by atoms with Gasteiger partial charge in [-0.1, -0.05) is 28.4 Å². The molecule has 1 aliphatic rings. The van der Waals surface area contributed by atoms with Crippen LogP contribution in [0.5, 0.6) is 0 Å². The fraction of sp³-hybridized carbons (Fsp3) is 0.600. The van der Waals surface area contributed by atoms with E-state index in [-0.39, 0.29) is 5.82 Å². The van der Waals surface area contributed by atoms with Crippen LogP contribution in [-0.4, -0.2) is 30.6 Å². The topological polar surface area (TPSA) is 15.3 Å². The molecule has 0 bridgehead atoms. The van der Waals surface area contributed by atoms with Gasteiger partial charge in [0.25, 0.3) is 0 Å². The van der Waals surface area contributed by atoms with Gasteiger partial charge >= 0.3 is 0 Å². The Labute approximate surface area is 123 Å². The van der Waals surface area contributed by atoms with E-state index in [4.69, 9.17) is 0 Å². The number of hydrogen-bond donors (Lipinski definition) is 1. The zero-order valence-corrected chi connectivity index (χ0v) is 13.0. The number of hydrogen-bond acceptors (Lipinski definition) is 2. The molecule has 2 rings (SSSR count). The molecule has 1 fully saturated rings. The van der Waals surface area contributed by atoms with E-state index in [1.165, 1.54) is 38.4 Å². The van der Waals surface area contributed by atoms with Crippen LogP contribution in [0, 0.1) is 5.82 Å². The van der Waals surface area contributed by atoms with Crippen molar-refractivity contribution in [2.24, 2.45) is 0 Å². The van der Waals surface area contributed by atoms with E-state index in [0.29, 0.717) is 12.6 Å². The van der Waals surface area contributed by atoms with Gasteiger partial charge in [-0.2, -0.15) is 0 Å². The lowest BCUT2D eigenvalue weighted by Gasteiger charge is -2.32. The van der Waals surface area contributed by atoms with Crippen molar-refractivity contribution in [2.75, 3.05) is 19.6 Å². The largest absolute Gasteiger partial charge is 0.311 e. The number of benzene rings is 1. The molecule has 1 N–H and O–H groups in total. The van der Waals surface area contributed by atoms with Crippen LogP contribution in [0.4, 0.5) is 4.39 Å². The molecule has 0 aliphatic carbocycles. The van der Waals surface area contributed by atoms with Crippen LogP contribution in [0.3, 0.4) is 0 Å². The van der Waals surface area contributed by atoms with Crippen LogP contribution in [0.1, 0.15) is 31.7 Å². The van der Waals surface area contributed by atoms with Crippen LogP contribution < -0.4 is 5.32 Å². The van der Waals surface area contributed by atoms with E-state index in [0.717, 1.165) is 16.6 Å². The van der Waals surface area contributed by atoms with E-state index in [1.807, 2.05) is 12.1 Å². The minimum atomic E-state index is -0.146. The van der Waals surface area contributed by atoms with E-state index >= 15 is 0 Å². The molecule has 19 heavy (non-hydrogen) atoms. The van der Waals surface area contributed by atoms with Crippen LogP contribution in [-0.2, 0) is 6.54 Å². The summed E-state index contributed by atoms with van der Waals surface area (Å²) in [7, 11) is 0. The average molecular weight is 329 g/mol. The van der Waals surface area contributed by atoms with Gasteiger partial charge in [-0.15, -0.1) is 0 Å². The van der Waals surface area contributed by atoms with Crippen molar-refractivity contribution in [3.8, 4) is 0 Å². The molecular weight excluding hydrogens is 307 g/mol. The van der Waals surface area contributed by atoms with Crippen molar-refractivity contribution in [3.63, 3.8) is 0 Å². The lowest BCUT2D eigenvalue weighted by molar-refractivity contribution is 0.170. The van der Waals surface area contributed by atoms with Gasteiger partial charge in [0, 0.05) is 29.2 Å². The Morgan fingerprint density at radius 1 is 1.32 bits per heavy atom. The number of nitrogens with zero attached hydrogens (tertiary/aromatic N) is 1. The molecule has 1 unspecified atom stereocenters. The summed E-state index contributed by atoms with van der Waals surface area (Å²) >= 11 is 3.27. The Bertz CT molecular complexity index is 405. The van der Waals surface area contributed by atoms with E-state index in [2.05, 4.69) is 33.1 Å². The molecule has 1 aromatic rings. The molecule has 4 heteroatoms. The maximum atomic E-state index is 13.6. The highest BCUT2D eigenvalue weighted by atomic mass is 79.9. The quantitative estimate of drug-likeness (QED) is 0.889. The summed E-state index contributed by atoms with van der Waals surface area (Å²) in [6.07, 6.45) is 3.98. The molecule has 1 heterocycles. The third-order valence-electron chi connectivity index (χ3n) is 3.78. The summed E-state index contributed by atoms with van der Waals surface area (Å²) in [6.45, 7) is 6.16. The van der Waals surface area contributed by atoms with Crippen LogP contribution in [0.15, 0.2) is 22.7 Å². The van der Waals surface area contributed by atoms with Gasteiger partial charge in [-0.3, -0.25) is 4.90 Å². The van der Waals surface area contributed by atoms with Gasteiger partial charge in [0.15, 0.2) is 0 Å². The van der Waals surface area contributed by atoms with Crippen molar-refractivity contribution < 1.29 is 4.39 Å². The number of rotatable bonds is 5. The summed E-state index contributed by atoms with van der Waals surface area (Å²) in [5.41, 5.74) is 0.731. The molecule has 2 nitrogen and oxygen atoms in total. The fourth-order valence-corrected chi connectivity index (χ4v) is 2.90. The molecule has 0 amide bonds. The minimum Gasteiger partial charge on any atom is -0.311 e. The Morgan fingerprint density at radius 3 is 2.74 bits per heavy atom. The van der Waals surface area contributed by atoms with Gasteiger partial charge in [0.1, 0.15) is 5.82 Å². The van der Waals surface area contributed by atoms with Gasteiger partial charge in [-0.05, 0) is 45.0 Å². The molecule has 0 aromatic heterocycles. The second-order valence-electron chi connectivity index (χ2n) is 5.31. The zero-order chi connectivity index (χ0) is 13.7. The predicted molar refractivity (Wildman–Crippen MR) is 80.7 cm³/mol. The first kappa shape index (κ1) is 14.9. The standard InChI is InChI=1S/C15H22BrFN2/c1-12(19-7-3-2-4-8-19)10-18-11-13-5-6-14(16)9-15(13)17/h5-6,9,12,18H,2-4,7-8,10-11H2,1H3. The van der Waals surface area contributed by atoms with Crippen molar-refractivity contribution in [3.05, 3.63) is 34.1 Å². The highest BCUT2D eigenvalue weighted by Gasteiger charge is 2.16. The number of likely N-dealkylation sites (tertiary alicyclic amines) is 1. The number of halogens is 2. The molecule has 1 saturated heterocycles. The molecule has 0 saturated carbocycles. The monoisotopic (exact) mass is 328 g/mol. The first-order valence-electron chi connectivity index (χ1n) is 7.05. The minimum absolute atomic E-state index is 0.146. The SMILES string of the molecule is CC(CNCc1ccc(Br)cc1F)N1CCCCC1. The summed E-state index contributed by atoms with van der Waals surface area (Å²) in [5, 5.41) is 3.36. The van der Waals surface area contributed by atoms with Gasteiger partial charge in [0.05, 0.1) is 0 Å². The van der Waals surface area contributed by atoms with Gasteiger partial charge in [-0.25, -0.2) is 4.39 Å². The number of piperidine rings is 1. The van der Waals surface area contributed by atoms with Crippen molar-refractivity contribution in [1.82, 2.24) is 10.2 Å². The Hall–Kier alpha value is -0.450.